The number of benzene rings is 2. The van der Waals surface area contributed by atoms with Crippen molar-refractivity contribution >= 4 is 28.1 Å². The summed E-state index contributed by atoms with van der Waals surface area (Å²) in [6.45, 7) is 2.65. The van der Waals surface area contributed by atoms with Gasteiger partial charge in [-0.3, -0.25) is 9.59 Å². The van der Waals surface area contributed by atoms with Crippen LogP contribution >= 0.6 is 11.3 Å². The quantitative estimate of drug-likeness (QED) is 0.558. The summed E-state index contributed by atoms with van der Waals surface area (Å²) in [5.74, 6) is 0.383. The maximum absolute atomic E-state index is 13.2. The van der Waals surface area contributed by atoms with Crippen LogP contribution in [0.3, 0.4) is 0 Å². The average molecular weight is 389 g/mol. The molecule has 0 saturated heterocycles. The summed E-state index contributed by atoms with van der Waals surface area (Å²) in [6.07, 6.45) is 0. The number of H-pyrrole nitrogens is 1. The number of amides is 1. The van der Waals surface area contributed by atoms with E-state index in [1.807, 2.05) is 60.8 Å². The van der Waals surface area contributed by atoms with Crippen LogP contribution in [0.4, 0.5) is 0 Å². The van der Waals surface area contributed by atoms with Crippen molar-refractivity contribution in [3.8, 4) is 0 Å². The monoisotopic (exact) mass is 389 g/mol. The molecular formula is C22H19N3O2S. The van der Waals surface area contributed by atoms with Gasteiger partial charge in [0, 0.05) is 10.4 Å². The van der Waals surface area contributed by atoms with Crippen LogP contribution in [-0.4, -0.2) is 20.8 Å². The lowest BCUT2D eigenvalue weighted by molar-refractivity contribution is 0.0727. The van der Waals surface area contributed by atoms with E-state index in [1.54, 1.807) is 28.4 Å². The van der Waals surface area contributed by atoms with Crippen molar-refractivity contribution in [2.75, 3.05) is 0 Å². The Hall–Kier alpha value is -3.25. The molecule has 140 valence electrons. The van der Waals surface area contributed by atoms with Crippen molar-refractivity contribution in [2.24, 2.45) is 0 Å². The summed E-state index contributed by atoms with van der Waals surface area (Å²) in [7, 11) is 0. The number of thiophene rings is 1. The lowest BCUT2D eigenvalue weighted by atomic mass is 10.1. The minimum absolute atomic E-state index is 0.0899. The molecule has 0 aliphatic rings. The van der Waals surface area contributed by atoms with Gasteiger partial charge in [0.1, 0.15) is 5.82 Å². The molecule has 6 heteroatoms. The zero-order valence-corrected chi connectivity index (χ0v) is 16.2. The largest absolute Gasteiger partial charge is 0.326 e. The number of hydrogen-bond donors (Lipinski definition) is 1. The highest BCUT2D eigenvalue weighted by Crippen LogP contribution is 2.17. The first-order valence-corrected chi connectivity index (χ1v) is 9.84. The molecule has 2 heterocycles. The number of hydrogen-bond acceptors (Lipinski definition) is 4. The molecule has 0 unspecified atom stereocenters. The SMILES string of the molecule is Cc1cccc(C(=O)N(Cc2nc3ccccc3c(=O)[nH]2)Cc2cccs2)c1. The molecule has 0 bridgehead atoms. The Labute approximate surface area is 166 Å². The van der Waals surface area contributed by atoms with Gasteiger partial charge in [0.15, 0.2) is 0 Å². The second kappa shape index (κ2) is 7.78. The molecule has 0 fully saturated rings. The van der Waals surface area contributed by atoms with Crippen LogP contribution in [0.1, 0.15) is 26.6 Å². The zero-order chi connectivity index (χ0) is 19.5. The van der Waals surface area contributed by atoms with E-state index < -0.39 is 0 Å². The van der Waals surface area contributed by atoms with E-state index >= 15 is 0 Å². The van der Waals surface area contributed by atoms with Gasteiger partial charge in [0.25, 0.3) is 11.5 Å². The third kappa shape index (κ3) is 3.87. The Morgan fingerprint density at radius 2 is 1.93 bits per heavy atom. The van der Waals surface area contributed by atoms with Gasteiger partial charge in [-0.1, -0.05) is 35.9 Å². The van der Waals surface area contributed by atoms with Crippen LogP contribution in [0, 0.1) is 6.92 Å². The van der Waals surface area contributed by atoms with E-state index in [-0.39, 0.29) is 18.0 Å². The number of nitrogens with zero attached hydrogens (tertiary/aromatic N) is 2. The predicted molar refractivity (Wildman–Crippen MR) is 111 cm³/mol. The fourth-order valence-corrected chi connectivity index (χ4v) is 3.86. The van der Waals surface area contributed by atoms with Gasteiger partial charge in [-0.15, -0.1) is 11.3 Å². The van der Waals surface area contributed by atoms with Crippen LogP contribution in [0.15, 0.2) is 70.8 Å². The molecule has 28 heavy (non-hydrogen) atoms. The van der Waals surface area contributed by atoms with E-state index in [0.29, 0.717) is 28.8 Å². The number of aromatic amines is 1. The van der Waals surface area contributed by atoms with Crippen LogP contribution in [0.2, 0.25) is 0 Å². The maximum Gasteiger partial charge on any atom is 0.258 e. The molecule has 1 N–H and O–H groups in total. The molecule has 4 aromatic rings. The van der Waals surface area contributed by atoms with Gasteiger partial charge in [0.2, 0.25) is 0 Å². The highest BCUT2D eigenvalue weighted by molar-refractivity contribution is 7.09. The molecular weight excluding hydrogens is 370 g/mol. The molecule has 0 atom stereocenters. The van der Waals surface area contributed by atoms with Crippen LogP contribution in [-0.2, 0) is 13.1 Å². The summed E-state index contributed by atoms with van der Waals surface area (Å²) in [5.41, 5.74) is 2.08. The molecule has 0 aliphatic heterocycles. The van der Waals surface area contributed by atoms with E-state index in [0.717, 1.165) is 10.4 Å². The van der Waals surface area contributed by atoms with Crippen molar-refractivity contribution in [3.63, 3.8) is 0 Å². The van der Waals surface area contributed by atoms with Crippen molar-refractivity contribution in [3.05, 3.63) is 98.2 Å². The maximum atomic E-state index is 13.2. The normalized spacial score (nSPS) is 10.9. The average Bonchev–Trinajstić information content (AvgIpc) is 3.20. The number of fused-ring (bicyclic) bond motifs is 1. The number of carbonyl (C=O) groups excluding carboxylic acids is 1. The Morgan fingerprint density at radius 1 is 1.07 bits per heavy atom. The third-order valence-electron chi connectivity index (χ3n) is 4.48. The van der Waals surface area contributed by atoms with E-state index in [2.05, 4.69) is 9.97 Å². The molecule has 0 radical (unpaired) electrons. The minimum Gasteiger partial charge on any atom is -0.326 e. The van der Waals surface area contributed by atoms with E-state index in [1.165, 1.54) is 0 Å². The number of rotatable bonds is 5. The molecule has 0 saturated carbocycles. The first kappa shape index (κ1) is 18.1. The number of para-hydroxylation sites is 1. The van der Waals surface area contributed by atoms with Gasteiger partial charge in [0.05, 0.1) is 24.0 Å². The topological polar surface area (TPSA) is 66.1 Å². The van der Waals surface area contributed by atoms with E-state index in [9.17, 15) is 9.59 Å². The van der Waals surface area contributed by atoms with Gasteiger partial charge in [-0.2, -0.15) is 0 Å². The van der Waals surface area contributed by atoms with Crippen molar-refractivity contribution in [2.45, 2.75) is 20.0 Å². The van der Waals surface area contributed by atoms with Crippen molar-refractivity contribution < 1.29 is 4.79 Å². The summed E-state index contributed by atoms with van der Waals surface area (Å²) < 4.78 is 0. The number of nitrogens with one attached hydrogen (secondary N) is 1. The van der Waals surface area contributed by atoms with Gasteiger partial charge >= 0.3 is 0 Å². The highest BCUT2D eigenvalue weighted by Gasteiger charge is 2.19. The summed E-state index contributed by atoms with van der Waals surface area (Å²) in [6, 6.07) is 18.7. The fourth-order valence-electron chi connectivity index (χ4n) is 3.14. The first-order chi connectivity index (χ1) is 13.6. The number of aromatic nitrogens is 2. The molecule has 0 spiro atoms. The Kier molecular flexibility index (Phi) is 5.04. The van der Waals surface area contributed by atoms with Gasteiger partial charge < -0.3 is 9.88 Å². The number of carbonyl (C=O) groups is 1. The third-order valence-corrected chi connectivity index (χ3v) is 5.34. The lowest BCUT2D eigenvalue weighted by Gasteiger charge is -2.22. The fraction of sp³-hybridized carbons (Fsp3) is 0.136. The van der Waals surface area contributed by atoms with Gasteiger partial charge in [-0.05, 0) is 42.6 Å². The van der Waals surface area contributed by atoms with Crippen LogP contribution in [0.5, 0.6) is 0 Å². The molecule has 1 amide bonds. The van der Waals surface area contributed by atoms with E-state index in [4.69, 9.17) is 0 Å². The first-order valence-electron chi connectivity index (χ1n) is 8.96. The second-order valence-electron chi connectivity index (χ2n) is 6.64. The molecule has 4 rings (SSSR count). The highest BCUT2D eigenvalue weighted by atomic mass is 32.1. The van der Waals surface area contributed by atoms with Crippen molar-refractivity contribution in [1.82, 2.24) is 14.9 Å². The standard InChI is InChI=1S/C22H19N3O2S/c1-15-6-4-7-16(12-15)22(27)25(13-17-8-5-11-28-17)14-20-23-19-10-3-2-9-18(19)21(26)24-20/h2-12H,13-14H2,1H3,(H,23,24,26). The molecule has 2 aromatic carbocycles. The van der Waals surface area contributed by atoms with Crippen molar-refractivity contribution in [1.29, 1.82) is 0 Å². The number of aryl methyl sites for hydroxylation is 1. The van der Waals surface area contributed by atoms with Gasteiger partial charge in [-0.25, -0.2) is 4.98 Å². The lowest BCUT2D eigenvalue weighted by Crippen LogP contribution is -2.31. The second-order valence-corrected chi connectivity index (χ2v) is 7.67. The predicted octanol–water partition coefficient (Wildman–Crippen LogP) is 4.14. The summed E-state index contributed by atoms with van der Waals surface area (Å²) in [5, 5.41) is 2.53. The Balaban J connectivity index is 1.69. The molecule has 2 aromatic heterocycles. The van der Waals surface area contributed by atoms with Crippen LogP contribution in [0.25, 0.3) is 10.9 Å². The minimum atomic E-state index is -0.195. The molecule has 0 aliphatic carbocycles. The zero-order valence-electron chi connectivity index (χ0n) is 15.4. The Morgan fingerprint density at radius 3 is 2.71 bits per heavy atom. The summed E-state index contributed by atoms with van der Waals surface area (Å²) in [4.78, 5) is 35.7. The Bertz CT molecular complexity index is 1180. The smallest absolute Gasteiger partial charge is 0.258 e. The summed E-state index contributed by atoms with van der Waals surface area (Å²) >= 11 is 1.60. The van der Waals surface area contributed by atoms with Crippen LogP contribution < -0.4 is 5.56 Å². The molecule has 5 nitrogen and oxygen atoms in total.